The largest absolute Gasteiger partial charge is 0.445 e. The molecule has 2 N–H and O–H groups in total. The van der Waals surface area contributed by atoms with Gasteiger partial charge in [-0.1, -0.05) is 60.7 Å². The summed E-state index contributed by atoms with van der Waals surface area (Å²) < 4.78 is 28.6. The van der Waals surface area contributed by atoms with Gasteiger partial charge in [-0.05, 0) is 38.8 Å². The lowest BCUT2D eigenvalue weighted by Gasteiger charge is -2.47. The highest BCUT2D eigenvalue weighted by atomic mass is 32.2. The number of alkyl carbamates (subject to hydrolysis) is 1. The van der Waals surface area contributed by atoms with Crippen LogP contribution in [0.25, 0.3) is 5.53 Å². The van der Waals surface area contributed by atoms with Crippen LogP contribution in [0.5, 0.6) is 0 Å². The normalized spacial score (nSPS) is 19.7. The van der Waals surface area contributed by atoms with Crippen LogP contribution in [0.2, 0.25) is 0 Å². The van der Waals surface area contributed by atoms with Gasteiger partial charge in [-0.3, -0.25) is 19.3 Å². The molecule has 3 amide bonds. The summed E-state index contributed by atoms with van der Waals surface area (Å²) in [7, 11) is -2.19. The molecule has 14 nitrogen and oxygen atoms in total. The SMILES string of the molecule is CC1=C(C(=O)OCOC(=O)C(C)(C)C)N2C(=O)C(NC(=O)C(NC(=O)OCc3ccccc3)c3ccccc3)[C@H]2S(=O)C1=[N+]=[N-]. The molecule has 2 aromatic carbocycles. The van der Waals surface area contributed by atoms with Gasteiger partial charge in [0.2, 0.25) is 12.7 Å². The highest BCUT2D eigenvalue weighted by Gasteiger charge is 2.61. The quantitative estimate of drug-likeness (QED) is 0.136. The summed E-state index contributed by atoms with van der Waals surface area (Å²) in [5.41, 5.74) is 9.31. The Bertz CT molecular complexity index is 1620. The molecule has 45 heavy (non-hydrogen) atoms. The van der Waals surface area contributed by atoms with E-state index < -0.39 is 81.1 Å². The zero-order valence-corrected chi connectivity index (χ0v) is 25.7. The van der Waals surface area contributed by atoms with Crippen LogP contribution in [0.15, 0.2) is 71.9 Å². The summed E-state index contributed by atoms with van der Waals surface area (Å²) in [4.78, 5) is 68.5. The number of carbonyl (C=O) groups excluding carboxylic acids is 5. The molecule has 0 spiro atoms. The van der Waals surface area contributed by atoms with Crippen molar-refractivity contribution in [1.82, 2.24) is 15.5 Å². The zero-order chi connectivity index (χ0) is 32.9. The molecule has 2 aliphatic heterocycles. The van der Waals surface area contributed by atoms with Crippen LogP contribution in [0.3, 0.4) is 0 Å². The minimum atomic E-state index is -2.19. The van der Waals surface area contributed by atoms with Crippen molar-refractivity contribution in [1.29, 1.82) is 0 Å². The Balaban J connectivity index is 1.50. The molecular weight excluding hydrogens is 606 g/mol. The second kappa shape index (κ2) is 13.7. The molecule has 2 aliphatic rings. The number of nitrogens with zero attached hydrogens (tertiary/aromatic N) is 3. The van der Waals surface area contributed by atoms with Crippen molar-refractivity contribution in [2.45, 2.75) is 51.8 Å². The van der Waals surface area contributed by atoms with Gasteiger partial charge < -0.3 is 30.4 Å². The number of hydrogen-bond acceptors (Lipinski definition) is 9. The number of amides is 3. The maximum absolute atomic E-state index is 13.5. The van der Waals surface area contributed by atoms with E-state index in [-0.39, 0.29) is 12.2 Å². The monoisotopic (exact) mass is 637 g/mol. The van der Waals surface area contributed by atoms with Crippen molar-refractivity contribution in [3.63, 3.8) is 0 Å². The van der Waals surface area contributed by atoms with Crippen molar-refractivity contribution in [3.05, 3.63) is 88.6 Å². The smallest absolute Gasteiger partial charge is 0.408 e. The summed E-state index contributed by atoms with van der Waals surface area (Å²) in [6, 6.07) is 14.3. The Labute approximate surface area is 260 Å². The summed E-state index contributed by atoms with van der Waals surface area (Å²) in [6.07, 6.45) is -0.906. The lowest BCUT2D eigenvalue weighted by atomic mass is 9.98. The molecule has 1 fully saturated rings. The average Bonchev–Trinajstić information content (AvgIpc) is 3.01. The second-order valence-electron chi connectivity index (χ2n) is 11.0. The topological polar surface area (TPSA) is 194 Å². The fourth-order valence-corrected chi connectivity index (χ4v) is 5.99. The number of esters is 2. The molecule has 3 unspecified atom stereocenters. The third kappa shape index (κ3) is 7.16. The highest BCUT2D eigenvalue weighted by Crippen LogP contribution is 2.36. The molecule has 2 heterocycles. The average molecular weight is 638 g/mol. The first kappa shape index (κ1) is 32.8. The number of nitrogens with one attached hydrogen (secondary N) is 2. The van der Waals surface area contributed by atoms with Crippen LogP contribution < -0.4 is 10.6 Å². The molecule has 0 bridgehead atoms. The standard InChI is InChI=1S/C30H31N5O9S/c1-17-22(27(38)43-16-44-28(39)30(2,3)4)35-25(37)21(26(35)45(41)24(17)34-31)32-23(36)20(19-13-9-6-10-14-19)33-29(40)42-15-18-11-7-5-8-12-18/h5-14,20-21,26H,15-16H2,1-4H3,(H,32,36)(H,33,40)/t20?,21?,26-,45?/m1/s1. The van der Waals surface area contributed by atoms with E-state index in [1.54, 1.807) is 75.4 Å². The number of benzene rings is 2. The van der Waals surface area contributed by atoms with Crippen LogP contribution >= 0.6 is 0 Å². The third-order valence-electron chi connectivity index (χ3n) is 6.81. The van der Waals surface area contributed by atoms with Crippen molar-refractivity contribution in [3.8, 4) is 0 Å². The van der Waals surface area contributed by atoms with E-state index in [0.717, 1.165) is 10.5 Å². The van der Waals surface area contributed by atoms with E-state index in [2.05, 4.69) is 15.4 Å². The fraction of sp³-hybridized carbons (Fsp3) is 0.333. The number of rotatable bonds is 9. The van der Waals surface area contributed by atoms with Gasteiger partial charge in [0.25, 0.3) is 5.91 Å². The second-order valence-corrected chi connectivity index (χ2v) is 12.5. The molecule has 0 aliphatic carbocycles. The number of fused-ring (bicyclic) bond motifs is 1. The number of ether oxygens (including phenoxy) is 3. The van der Waals surface area contributed by atoms with Gasteiger partial charge in [0.1, 0.15) is 24.4 Å². The Morgan fingerprint density at radius 3 is 2.22 bits per heavy atom. The van der Waals surface area contributed by atoms with E-state index in [4.69, 9.17) is 14.2 Å². The number of β-lactam (4-membered cyclic amide) rings is 1. The summed E-state index contributed by atoms with van der Waals surface area (Å²) >= 11 is 0. The molecule has 0 radical (unpaired) electrons. The molecule has 4 rings (SSSR count). The molecular formula is C30H31N5O9S. The van der Waals surface area contributed by atoms with Crippen LogP contribution in [0.1, 0.15) is 44.9 Å². The summed E-state index contributed by atoms with van der Waals surface area (Å²) in [6.45, 7) is 5.29. The van der Waals surface area contributed by atoms with Crippen molar-refractivity contribution in [2.75, 3.05) is 6.79 Å². The first-order chi connectivity index (χ1) is 21.3. The molecule has 1 saturated heterocycles. The van der Waals surface area contributed by atoms with E-state index >= 15 is 0 Å². The minimum absolute atomic E-state index is 0.0594. The van der Waals surface area contributed by atoms with Gasteiger partial charge in [-0.15, -0.1) is 0 Å². The van der Waals surface area contributed by atoms with Crippen LogP contribution in [0.4, 0.5) is 4.79 Å². The van der Waals surface area contributed by atoms with Crippen molar-refractivity contribution < 1.29 is 47.2 Å². The van der Waals surface area contributed by atoms with Gasteiger partial charge in [0.15, 0.2) is 16.2 Å². The predicted octanol–water partition coefficient (Wildman–Crippen LogP) is 2.06. The highest BCUT2D eigenvalue weighted by molar-refractivity contribution is 8.01. The Morgan fingerprint density at radius 1 is 1.00 bits per heavy atom. The first-order valence-corrected chi connectivity index (χ1v) is 14.9. The predicted molar refractivity (Wildman–Crippen MR) is 157 cm³/mol. The van der Waals surface area contributed by atoms with Gasteiger partial charge in [-0.25, -0.2) is 13.8 Å². The van der Waals surface area contributed by atoms with Gasteiger partial charge in [0.05, 0.1) is 11.0 Å². The van der Waals surface area contributed by atoms with Gasteiger partial charge in [-0.2, -0.15) is 4.79 Å². The first-order valence-electron chi connectivity index (χ1n) is 13.7. The van der Waals surface area contributed by atoms with E-state index in [9.17, 15) is 33.7 Å². The van der Waals surface area contributed by atoms with Crippen molar-refractivity contribution >= 4 is 45.7 Å². The van der Waals surface area contributed by atoms with E-state index in [1.807, 2.05) is 6.07 Å². The lowest BCUT2D eigenvalue weighted by molar-refractivity contribution is -0.173. The number of carbonyl (C=O) groups is 5. The van der Waals surface area contributed by atoms with Gasteiger partial charge >= 0.3 is 23.1 Å². The zero-order valence-electron chi connectivity index (χ0n) is 24.8. The number of hydrogen-bond donors (Lipinski definition) is 2. The van der Waals surface area contributed by atoms with Gasteiger partial charge in [0, 0.05) is 0 Å². The Hall–Kier alpha value is -5.14. The third-order valence-corrected chi connectivity index (χ3v) is 8.50. The molecule has 15 heteroatoms. The molecule has 2 aromatic rings. The summed E-state index contributed by atoms with van der Waals surface area (Å²) in [5.74, 6) is -3.40. The van der Waals surface area contributed by atoms with Crippen LogP contribution in [-0.2, 0) is 50.8 Å². The van der Waals surface area contributed by atoms with E-state index in [0.29, 0.717) is 5.56 Å². The Morgan fingerprint density at radius 2 is 1.62 bits per heavy atom. The molecule has 236 valence electrons. The van der Waals surface area contributed by atoms with Crippen LogP contribution in [0, 0.1) is 5.41 Å². The minimum Gasteiger partial charge on any atom is -0.445 e. The fourth-order valence-electron chi connectivity index (χ4n) is 4.45. The van der Waals surface area contributed by atoms with Crippen molar-refractivity contribution in [2.24, 2.45) is 5.41 Å². The Kier molecular flexibility index (Phi) is 9.95. The molecule has 0 aromatic heterocycles. The maximum Gasteiger partial charge on any atom is 0.408 e. The van der Waals surface area contributed by atoms with E-state index in [1.165, 1.54) is 6.92 Å². The lowest BCUT2D eigenvalue weighted by Crippen LogP contribution is -2.74. The van der Waals surface area contributed by atoms with Crippen LogP contribution in [-0.4, -0.2) is 67.0 Å². The summed E-state index contributed by atoms with van der Waals surface area (Å²) in [5, 5.41) is 3.22. The molecule has 4 atom stereocenters. The molecule has 0 saturated carbocycles. The maximum atomic E-state index is 13.5.